The Bertz CT molecular complexity index is 2250. The number of carbonyl (C=O) groups is 4. The third kappa shape index (κ3) is 7.87. The highest BCUT2D eigenvalue weighted by Crippen LogP contribution is 2.40. The predicted molar refractivity (Wildman–Crippen MR) is 225 cm³/mol. The molecule has 5 fully saturated rings. The normalized spacial score (nSPS) is 25.2. The van der Waals surface area contributed by atoms with Gasteiger partial charge in [0.2, 0.25) is 11.8 Å². The number of hydrogen-bond donors (Lipinski definition) is 3. The maximum Gasteiger partial charge on any atom is 0.262 e. The molecule has 2 aromatic carbocycles. The van der Waals surface area contributed by atoms with Crippen molar-refractivity contribution in [2.24, 2.45) is 10.9 Å². The highest BCUT2D eigenvalue weighted by molar-refractivity contribution is 6.23. The number of aromatic amines is 1. The molecule has 4 amide bonds. The van der Waals surface area contributed by atoms with Crippen molar-refractivity contribution in [1.29, 1.82) is 0 Å². The van der Waals surface area contributed by atoms with E-state index >= 15 is 0 Å². The number of amides is 4. The number of piperazine rings is 1. The van der Waals surface area contributed by atoms with Gasteiger partial charge in [0.05, 0.1) is 35.1 Å². The second kappa shape index (κ2) is 15.9. The Morgan fingerprint density at radius 2 is 1.68 bits per heavy atom. The number of fused-ring (bicyclic) bond motifs is 2. The van der Waals surface area contributed by atoms with Crippen LogP contribution in [-0.4, -0.2) is 156 Å². The van der Waals surface area contributed by atoms with Crippen LogP contribution in [-0.2, 0) is 14.3 Å². The molecule has 1 unspecified atom stereocenters. The summed E-state index contributed by atoms with van der Waals surface area (Å²) in [6, 6.07) is 10.6. The smallest absolute Gasteiger partial charge is 0.262 e. The highest BCUT2D eigenvalue weighted by atomic mass is 16.5. The predicted octanol–water partition coefficient (Wildman–Crippen LogP) is 2.82. The van der Waals surface area contributed by atoms with Gasteiger partial charge in [0.15, 0.2) is 0 Å². The Kier molecular flexibility index (Phi) is 10.3. The number of piperidine rings is 2. The van der Waals surface area contributed by atoms with Gasteiger partial charge in [-0.15, -0.1) is 0 Å². The number of anilines is 1. The first-order valence-electron chi connectivity index (χ1n) is 21.8. The van der Waals surface area contributed by atoms with Crippen molar-refractivity contribution in [2.45, 2.75) is 69.6 Å². The van der Waals surface area contributed by atoms with E-state index in [4.69, 9.17) is 14.5 Å². The molecule has 60 heavy (non-hydrogen) atoms. The summed E-state index contributed by atoms with van der Waals surface area (Å²) in [4.78, 5) is 66.3. The minimum Gasteiger partial charge on any atom is -0.488 e. The van der Waals surface area contributed by atoms with Crippen LogP contribution in [0.1, 0.15) is 78.3 Å². The molecule has 10 rings (SSSR count). The van der Waals surface area contributed by atoms with Crippen LogP contribution in [0, 0.1) is 5.92 Å². The molecule has 3 aromatic rings. The van der Waals surface area contributed by atoms with Gasteiger partial charge in [0, 0.05) is 89.0 Å². The third-order valence-electron chi connectivity index (χ3n) is 13.5. The van der Waals surface area contributed by atoms with E-state index in [1.54, 1.807) is 12.1 Å². The Labute approximate surface area is 349 Å². The summed E-state index contributed by atoms with van der Waals surface area (Å²) < 4.78 is 12.5. The number of hydrogen-bond acceptors (Lipinski definition) is 13. The van der Waals surface area contributed by atoms with E-state index in [1.165, 1.54) is 0 Å². The van der Waals surface area contributed by atoms with E-state index < -0.39 is 23.8 Å². The number of carbonyl (C=O) groups excluding carboxylic acids is 4. The lowest BCUT2D eigenvalue weighted by atomic mass is 9.95. The van der Waals surface area contributed by atoms with Crippen LogP contribution < -0.4 is 20.3 Å². The molecule has 16 heteroatoms. The minimum absolute atomic E-state index is 0.0411. The second-order valence-corrected chi connectivity index (χ2v) is 17.7. The van der Waals surface area contributed by atoms with Crippen LogP contribution in [0.5, 0.6) is 5.75 Å². The quantitative estimate of drug-likeness (QED) is 0.257. The Morgan fingerprint density at radius 1 is 0.883 bits per heavy atom. The first-order valence-corrected chi connectivity index (χ1v) is 21.8. The summed E-state index contributed by atoms with van der Waals surface area (Å²) in [6.45, 7) is 13.1. The number of nitrogens with one attached hydrogen (secondary N) is 3. The Morgan fingerprint density at radius 3 is 2.48 bits per heavy atom. The minimum atomic E-state index is -0.956. The van der Waals surface area contributed by atoms with Crippen LogP contribution in [0.3, 0.4) is 0 Å². The highest BCUT2D eigenvalue weighted by Gasteiger charge is 2.45. The zero-order valence-corrected chi connectivity index (χ0v) is 34.3. The first-order chi connectivity index (χ1) is 29.2. The Balaban J connectivity index is 0.667. The van der Waals surface area contributed by atoms with Crippen molar-refractivity contribution >= 4 is 51.8 Å². The fraction of sp³-hybridized carbons (Fsp3) is 0.545. The summed E-state index contributed by atoms with van der Waals surface area (Å²) in [5.74, 6) is 0.559. The summed E-state index contributed by atoms with van der Waals surface area (Å²) >= 11 is 0. The number of ether oxygens (including phenoxy) is 2. The lowest BCUT2D eigenvalue weighted by Gasteiger charge is -2.40. The van der Waals surface area contributed by atoms with Crippen molar-refractivity contribution < 1.29 is 28.7 Å². The number of aliphatic imine (C=N–C) groups is 1. The molecule has 6 aliphatic heterocycles. The maximum atomic E-state index is 13.4. The van der Waals surface area contributed by atoms with Crippen LogP contribution >= 0.6 is 0 Å². The molecule has 1 saturated carbocycles. The molecule has 0 spiro atoms. The molecule has 0 bridgehead atoms. The Hall–Kier alpha value is -5.32. The molecule has 1 aliphatic carbocycles. The van der Waals surface area contributed by atoms with Crippen LogP contribution in [0.4, 0.5) is 5.69 Å². The zero-order valence-electron chi connectivity index (χ0n) is 34.3. The van der Waals surface area contributed by atoms with Gasteiger partial charge < -0.3 is 34.4 Å². The lowest BCUT2D eigenvalue weighted by Crippen LogP contribution is -2.54. The van der Waals surface area contributed by atoms with Crippen molar-refractivity contribution in [3.63, 3.8) is 0 Å². The van der Waals surface area contributed by atoms with Gasteiger partial charge in [-0.2, -0.15) is 5.10 Å². The molecule has 1 aromatic heterocycles. The number of imide groups is 2. The van der Waals surface area contributed by atoms with Crippen LogP contribution in [0.15, 0.2) is 47.5 Å². The number of H-pyrrole nitrogens is 1. The number of aromatic nitrogens is 2. The number of rotatable bonds is 10. The van der Waals surface area contributed by atoms with Gasteiger partial charge in [0.1, 0.15) is 35.6 Å². The summed E-state index contributed by atoms with van der Waals surface area (Å²) in [7, 11) is 0. The molecular weight excluding hydrogens is 765 g/mol. The standard InChI is InChI=1S/C44H54N10O6/c1-44(11-12-44)60-30-3-5-35-34(23-30)40(49-48-35)36-24-38(46-27-45-36)53-20-21-59-31(26-53)10-13-50-16-18-51(19-17-50)25-28-8-14-52(15-9-28)29-2-4-32-33(22-29)43(58)54(42(32)57)37-6-7-39(55)47-41(37)56/h2-5,22-24,28,31,37,45H,6-21,25-27H2,1H3,(H,48,49)(H,47,55,56)/t31-,37?/m1/s1. The molecule has 4 saturated heterocycles. The molecule has 2 atom stereocenters. The number of nitrogens with zero attached hydrogens (tertiary/aromatic N) is 7. The summed E-state index contributed by atoms with van der Waals surface area (Å²) in [5.41, 5.74) is 4.36. The number of amidine groups is 1. The molecule has 3 N–H and O–H groups in total. The van der Waals surface area contributed by atoms with Crippen LogP contribution in [0.25, 0.3) is 16.6 Å². The average Bonchev–Trinajstić information content (AvgIpc) is 3.75. The zero-order chi connectivity index (χ0) is 41.0. The number of benzene rings is 2. The molecule has 7 heterocycles. The average molecular weight is 819 g/mol. The SMILES string of the molecule is CC1(Oc2ccc3[nH]nc(C4=CC(N5CCO[C@H](CCN6CCN(CC7CCN(c8ccc9c(c8)C(=O)N(C8CCC(=O)NC8=O)C9=O)CC7)CC6)C5)=NCN4)c3c2)CC1. The van der Waals surface area contributed by atoms with E-state index in [0.717, 1.165) is 142 Å². The van der Waals surface area contributed by atoms with Gasteiger partial charge >= 0.3 is 0 Å². The molecule has 316 valence electrons. The molecule has 16 nitrogen and oxygen atoms in total. The van der Waals surface area contributed by atoms with E-state index in [2.05, 4.69) is 59.5 Å². The third-order valence-corrected chi connectivity index (χ3v) is 13.5. The van der Waals surface area contributed by atoms with Crippen molar-refractivity contribution in [3.8, 4) is 5.75 Å². The van der Waals surface area contributed by atoms with Crippen LogP contribution in [0.2, 0.25) is 0 Å². The van der Waals surface area contributed by atoms with E-state index in [1.807, 2.05) is 18.2 Å². The summed E-state index contributed by atoms with van der Waals surface area (Å²) in [6.07, 6.45) is 7.83. The molecular formula is C44H54N10O6. The van der Waals surface area contributed by atoms with E-state index in [0.29, 0.717) is 30.3 Å². The fourth-order valence-electron chi connectivity index (χ4n) is 9.62. The van der Waals surface area contributed by atoms with E-state index in [-0.39, 0.29) is 30.5 Å². The van der Waals surface area contributed by atoms with Crippen molar-refractivity contribution in [3.05, 3.63) is 59.3 Å². The van der Waals surface area contributed by atoms with Crippen molar-refractivity contribution in [2.75, 3.05) is 83.6 Å². The van der Waals surface area contributed by atoms with E-state index in [9.17, 15) is 19.2 Å². The lowest BCUT2D eigenvalue weighted by molar-refractivity contribution is -0.136. The molecule has 0 radical (unpaired) electrons. The largest absolute Gasteiger partial charge is 0.488 e. The first kappa shape index (κ1) is 38.9. The van der Waals surface area contributed by atoms with Gasteiger partial charge in [-0.25, -0.2) is 4.99 Å². The van der Waals surface area contributed by atoms with Gasteiger partial charge in [-0.3, -0.25) is 34.5 Å². The van der Waals surface area contributed by atoms with Gasteiger partial charge in [-0.1, -0.05) is 0 Å². The summed E-state index contributed by atoms with van der Waals surface area (Å²) in [5, 5.41) is 14.6. The fourth-order valence-corrected chi connectivity index (χ4v) is 9.62. The monoisotopic (exact) mass is 818 g/mol. The number of morpholine rings is 1. The second-order valence-electron chi connectivity index (χ2n) is 17.7. The maximum absolute atomic E-state index is 13.4. The van der Waals surface area contributed by atoms with Gasteiger partial charge in [-0.05, 0) is 87.8 Å². The topological polar surface area (TPSA) is 168 Å². The van der Waals surface area contributed by atoms with Crippen molar-refractivity contribution in [1.82, 2.24) is 40.4 Å². The molecule has 7 aliphatic rings. The van der Waals surface area contributed by atoms with Gasteiger partial charge in [0.25, 0.3) is 11.8 Å².